The van der Waals surface area contributed by atoms with E-state index < -0.39 is 74.5 Å². The summed E-state index contributed by atoms with van der Waals surface area (Å²) in [6, 6.07) is 30.4. The molecule has 15 heteroatoms. The highest BCUT2D eigenvalue weighted by Crippen LogP contribution is 2.52. The Morgan fingerprint density at radius 2 is 1.23 bits per heavy atom. The molecule has 7 atom stereocenters. The van der Waals surface area contributed by atoms with E-state index in [1.54, 1.807) is 57.0 Å². The molecule has 0 saturated carbocycles. The summed E-state index contributed by atoms with van der Waals surface area (Å²) in [5.41, 5.74) is -1.09. The Hall–Kier alpha value is -5.14. The van der Waals surface area contributed by atoms with Crippen molar-refractivity contribution in [2.24, 2.45) is 5.92 Å². The van der Waals surface area contributed by atoms with E-state index in [4.69, 9.17) is 14.2 Å². The topological polar surface area (TPSA) is 172 Å². The van der Waals surface area contributed by atoms with Crippen LogP contribution in [-0.4, -0.2) is 70.4 Å². The quantitative estimate of drug-likeness (QED) is 0.0873. The number of esters is 1. The number of carbonyl (C=O) groups is 1. The fourth-order valence-corrected chi connectivity index (χ4v) is 17.4. The molecular formula is C46H55N4O9PSi. The monoisotopic (exact) mass is 866 g/mol. The third kappa shape index (κ3) is 9.38. The summed E-state index contributed by atoms with van der Waals surface area (Å²) in [5.74, 6) is -0.772. The van der Waals surface area contributed by atoms with Gasteiger partial charge in [-0.15, -0.1) is 0 Å². The molecule has 2 aliphatic heterocycles. The van der Waals surface area contributed by atoms with E-state index in [0.29, 0.717) is 35.3 Å². The largest absolute Gasteiger partial charge is 0.456 e. The van der Waals surface area contributed by atoms with Crippen LogP contribution in [0, 0.1) is 19.8 Å². The molecule has 2 aliphatic rings. The van der Waals surface area contributed by atoms with Gasteiger partial charge in [0.05, 0.1) is 24.9 Å². The number of aromatic nitrogens is 4. The van der Waals surface area contributed by atoms with Crippen LogP contribution < -0.4 is 32.9 Å². The third-order valence-electron chi connectivity index (χ3n) is 12.6. The molecule has 0 radical (unpaired) electrons. The van der Waals surface area contributed by atoms with E-state index in [2.05, 4.69) is 79.3 Å². The smallest absolute Gasteiger partial charge is 0.338 e. The number of hydrogen-bond acceptors (Lipinski definition) is 9. The van der Waals surface area contributed by atoms with Crippen molar-refractivity contribution >= 4 is 31.6 Å². The SMILES string of the molecule is Cc1cn([C@H]2C[C@H](CP(C)(=O)CC[C@H]3O[C@@H](n4cc(C)c(=O)[nH]c4=O)C[C@@H]3OC(=O)c3ccccc3)[C@@H](C[Si](c3ccccc3)(c3ccccc3)C(C)(C)C)O2)c(=O)[nH]c1=O. The van der Waals surface area contributed by atoms with Crippen molar-refractivity contribution in [2.75, 3.05) is 19.0 Å². The second kappa shape index (κ2) is 17.7. The lowest BCUT2D eigenvalue weighted by Crippen LogP contribution is -2.65. The molecule has 61 heavy (non-hydrogen) atoms. The second-order valence-corrected chi connectivity index (χ2v) is 26.1. The number of aryl methyl sites for hydroxylation is 2. The van der Waals surface area contributed by atoms with Crippen LogP contribution in [0.2, 0.25) is 11.1 Å². The number of H-pyrrole nitrogens is 2. The minimum absolute atomic E-state index is 0.148. The Balaban J connectivity index is 1.20. The molecule has 7 rings (SSSR count). The van der Waals surface area contributed by atoms with Crippen molar-refractivity contribution in [3.8, 4) is 0 Å². The number of carbonyl (C=O) groups excluding carboxylic acids is 1. The third-order valence-corrected chi connectivity index (χ3v) is 21.2. The predicted molar refractivity (Wildman–Crippen MR) is 239 cm³/mol. The van der Waals surface area contributed by atoms with Gasteiger partial charge in [0.2, 0.25) is 0 Å². The van der Waals surface area contributed by atoms with Crippen LogP contribution >= 0.6 is 7.14 Å². The molecule has 0 aliphatic carbocycles. The van der Waals surface area contributed by atoms with Gasteiger partial charge in [-0.3, -0.25) is 28.7 Å². The number of ether oxygens (including phenoxy) is 3. The van der Waals surface area contributed by atoms with Gasteiger partial charge in [0.1, 0.15) is 26.6 Å². The van der Waals surface area contributed by atoms with Gasteiger partial charge in [-0.1, -0.05) is 110 Å². The van der Waals surface area contributed by atoms with Crippen molar-refractivity contribution in [2.45, 2.75) is 95.7 Å². The van der Waals surface area contributed by atoms with E-state index in [9.17, 15) is 24.0 Å². The number of hydrogen-bond donors (Lipinski definition) is 2. The Bertz CT molecular complexity index is 2600. The normalized spacial score (nSPS) is 22.8. The Morgan fingerprint density at radius 1 is 0.754 bits per heavy atom. The van der Waals surface area contributed by atoms with Crippen molar-refractivity contribution in [1.29, 1.82) is 0 Å². The van der Waals surface area contributed by atoms with E-state index >= 15 is 4.57 Å². The maximum Gasteiger partial charge on any atom is 0.338 e. The molecule has 1 unspecified atom stereocenters. The summed E-state index contributed by atoms with van der Waals surface area (Å²) in [4.78, 5) is 68.9. The minimum Gasteiger partial charge on any atom is -0.456 e. The molecule has 322 valence electrons. The lowest BCUT2D eigenvalue weighted by Gasteiger charge is -2.46. The average Bonchev–Trinajstić information content (AvgIpc) is 3.81. The first-order chi connectivity index (χ1) is 29.0. The van der Waals surface area contributed by atoms with Gasteiger partial charge in [0, 0.05) is 42.3 Å². The molecule has 0 bridgehead atoms. The lowest BCUT2D eigenvalue weighted by atomic mass is 10.0. The fraction of sp³-hybridized carbons (Fsp3) is 0.413. The molecular weight excluding hydrogens is 812 g/mol. The number of nitrogens with one attached hydrogen (secondary N) is 2. The molecule has 5 aromatic rings. The molecule has 4 heterocycles. The zero-order chi connectivity index (χ0) is 43.7. The van der Waals surface area contributed by atoms with E-state index in [1.165, 1.54) is 25.7 Å². The van der Waals surface area contributed by atoms with Crippen molar-refractivity contribution in [1.82, 2.24) is 19.1 Å². The summed E-state index contributed by atoms with van der Waals surface area (Å²) < 4.78 is 37.2. The van der Waals surface area contributed by atoms with E-state index in [-0.39, 0.29) is 30.0 Å². The first-order valence-corrected chi connectivity index (χ1v) is 25.6. The molecule has 2 N–H and O–H groups in total. The van der Waals surface area contributed by atoms with Crippen LogP contribution in [0.25, 0.3) is 0 Å². The summed E-state index contributed by atoms with van der Waals surface area (Å²) in [5, 5.41) is 2.30. The predicted octanol–water partition coefficient (Wildman–Crippen LogP) is 5.57. The van der Waals surface area contributed by atoms with E-state index in [1.807, 2.05) is 12.1 Å². The highest BCUT2D eigenvalue weighted by molar-refractivity contribution is 7.63. The van der Waals surface area contributed by atoms with Gasteiger partial charge >= 0.3 is 17.3 Å². The molecule has 3 aromatic carbocycles. The Kier molecular flexibility index (Phi) is 12.7. The lowest BCUT2D eigenvalue weighted by molar-refractivity contribution is -0.0306. The summed E-state index contributed by atoms with van der Waals surface area (Å²) in [6.07, 6.45) is 0.950. The van der Waals surface area contributed by atoms with Gasteiger partial charge in [-0.25, -0.2) is 14.4 Å². The summed E-state index contributed by atoms with van der Waals surface area (Å²) in [6.45, 7) is 11.9. The molecule has 2 aromatic heterocycles. The number of benzene rings is 3. The summed E-state index contributed by atoms with van der Waals surface area (Å²) in [7, 11) is -5.73. The standard InChI is InChI=1S/C46H55N4O9PSi/c1-30-26-49(44(54)47-41(30)51)39-24-33(38(58-39)29-61(46(3,4)5,34-18-12-8-13-19-34)35-20-14-9-15-21-35)28-60(6,56)23-22-36-37(59-43(53)32-16-10-7-11-17-32)25-40(57-36)50-27-31(2)42(52)48-45(50)55/h7-21,26-27,33,36-40H,22-25,28-29H2,1-6H3,(H,47,51,54)(H,48,52,55)/t33-,36-,37+,38-,39-,40-,60?/m1/s1. The van der Waals surface area contributed by atoms with Crippen molar-refractivity contribution in [3.05, 3.63) is 162 Å². The average molecular weight is 867 g/mol. The van der Waals surface area contributed by atoms with Crippen LogP contribution in [0.5, 0.6) is 0 Å². The van der Waals surface area contributed by atoms with Crippen LogP contribution in [0.15, 0.2) is 123 Å². The Morgan fingerprint density at radius 3 is 1.74 bits per heavy atom. The zero-order valence-corrected chi connectivity index (χ0v) is 37.4. The fourth-order valence-electron chi connectivity index (χ4n) is 9.31. The van der Waals surface area contributed by atoms with Gasteiger partial charge in [-0.2, -0.15) is 0 Å². The minimum atomic E-state index is -3.01. The number of nitrogens with zero attached hydrogens (tertiary/aromatic N) is 2. The molecule has 0 spiro atoms. The van der Waals surface area contributed by atoms with Gasteiger partial charge < -0.3 is 18.8 Å². The maximum atomic E-state index is 15.0. The molecule has 0 amide bonds. The molecule has 2 saturated heterocycles. The highest BCUT2D eigenvalue weighted by Gasteiger charge is 2.52. The molecule has 2 fully saturated rings. The van der Waals surface area contributed by atoms with Gasteiger partial charge in [0.25, 0.3) is 11.1 Å². The van der Waals surface area contributed by atoms with Crippen LogP contribution in [-0.2, 0) is 18.8 Å². The Labute approximate surface area is 355 Å². The highest BCUT2D eigenvalue weighted by atomic mass is 31.2. The number of rotatable bonds is 13. The molecule has 13 nitrogen and oxygen atoms in total. The van der Waals surface area contributed by atoms with Crippen LogP contribution in [0.3, 0.4) is 0 Å². The van der Waals surface area contributed by atoms with Gasteiger partial charge in [0.15, 0.2) is 0 Å². The zero-order valence-electron chi connectivity index (χ0n) is 35.5. The van der Waals surface area contributed by atoms with Crippen LogP contribution in [0.4, 0.5) is 0 Å². The van der Waals surface area contributed by atoms with Crippen molar-refractivity contribution in [3.63, 3.8) is 0 Å². The van der Waals surface area contributed by atoms with Crippen molar-refractivity contribution < 1.29 is 23.6 Å². The first kappa shape index (κ1) is 43.9. The maximum absolute atomic E-state index is 15.0. The summed E-state index contributed by atoms with van der Waals surface area (Å²) >= 11 is 0. The van der Waals surface area contributed by atoms with Gasteiger partial charge in [-0.05, 0) is 62.5 Å². The first-order valence-electron chi connectivity index (χ1n) is 20.8. The second-order valence-electron chi connectivity index (χ2n) is 17.8. The number of aromatic amines is 2. The van der Waals surface area contributed by atoms with E-state index in [0.717, 1.165) is 0 Å². The van der Waals surface area contributed by atoms with Crippen LogP contribution in [0.1, 0.15) is 74.0 Å².